The summed E-state index contributed by atoms with van der Waals surface area (Å²) in [5.74, 6) is -0.693. The molecule has 0 aliphatic heterocycles. The Morgan fingerprint density at radius 2 is 2.14 bits per heavy atom. The Balaban J connectivity index is 3.03. The van der Waals surface area contributed by atoms with E-state index in [1.807, 2.05) is 6.92 Å². The van der Waals surface area contributed by atoms with Gasteiger partial charge >= 0.3 is 5.97 Å². The van der Waals surface area contributed by atoms with Gasteiger partial charge in [0.25, 0.3) is 0 Å². The van der Waals surface area contributed by atoms with E-state index in [9.17, 15) is 9.59 Å². The van der Waals surface area contributed by atoms with Crippen molar-refractivity contribution in [2.24, 2.45) is 0 Å². The number of ether oxygens (including phenoxy) is 1. The van der Waals surface area contributed by atoms with Gasteiger partial charge in [-0.2, -0.15) is 0 Å². The van der Waals surface area contributed by atoms with E-state index in [-0.39, 0.29) is 5.78 Å². The largest absolute Gasteiger partial charge is 0.447 e. The summed E-state index contributed by atoms with van der Waals surface area (Å²) in [7, 11) is 0. The van der Waals surface area contributed by atoms with Gasteiger partial charge in [-0.05, 0) is 25.5 Å². The van der Waals surface area contributed by atoms with Gasteiger partial charge < -0.3 is 4.74 Å². The second-order valence-corrected chi connectivity index (χ2v) is 4.24. The number of hydrogen-bond acceptors (Lipinski definition) is 3. The van der Waals surface area contributed by atoms with Gasteiger partial charge in [0.1, 0.15) is 0 Å². The van der Waals surface area contributed by atoms with E-state index < -0.39 is 11.6 Å². The van der Waals surface area contributed by atoms with Crippen molar-refractivity contribution in [1.82, 2.24) is 0 Å². The van der Waals surface area contributed by atoms with Gasteiger partial charge in [-0.3, -0.25) is 9.59 Å². The van der Waals surface area contributed by atoms with Crippen molar-refractivity contribution >= 4 is 27.7 Å². The maximum absolute atomic E-state index is 11.6. The summed E-state index contributed by atoms with van der Waals surface area (Å²) in [5.41, 5.74) is -0.263. The summed E-state index contributed by atoms with van der Waals surface area (Å²) in [4.78, 5) is 22.4. The third-order valence-corrected chi connectivity index (χ3v) is 2.83. The van der Waals surface area contributed by atoms with Crippen LogP contribution in [0.15, 0.2) is 22.2 Å². The topological polar surface area (TPSA) is 43.4 Å². The number of esters is 1. The van der Waals surface area contributed by atoms with Crippen molar-refractivity contribution in [2.75, 3.05) is 0 Å². The van der Waals surface area contributed by atoms with E-state index in [1.54, 1.807) is 13.0 Å². The lowest BCUT2D eigenvalue weighted by Crippen LogP contribution is -2.38. The van der Waals surface area contributed by atoms with Gasteiger partial charge in [-0.1, -0.05) is 15.9 Å². The highest BCUT2D eigenvalue weighted by Gasteiger charge is 2.35. The predicted molar refractivity (Wildman–Crippen MR) is 55.9 cm³/mol. The van der Waals surface area contributed by atoms with Crippen LogP contribution in [0.1, 0.15) is 20.8 Å². The molecule has 0 N–H and O–H groups in total. The zero-order valence-electron chi connectivity index (χ0n) is 8.26. The van der Waals surface area contributed by atoms with E-state index in [1.165, 1.54) is 13.0 Å². The molecule has 1 aliphatic carbocycles. The molecule has 0 saturated heterocycles. The molecule has 0 amide bonds. The fourth-order valence-electron chi connectivity index (χ4n) is 1.30. The van der Waals surface area contributed by atoms with Gasteiger partial charge in [-0.15, -0.1) is 0 Å². The van der Waals surface area contributed by atoms with Crippen molar-refractivity contribution in [3.63, 3.8) is 0 Å². The average Bonchev–Trinajstić information content (AvgIpc) is 1.99. The number of allylic oxidation sites excluding steroid dienone is 2. The van der Waals surface area contributed by atoms with E-state index in [0.29, 0.717) is 0 Å². The maximum Gasteiger partial charge on any atom is 0.303 e. The third-order valence-electron chi connectivity index (χ3n) is 1.97. The average molecular weight is 259 g/mol. The minimum absolute atomic E-state index is 0.231. The molecule has 0 spiro atoms. The van der Waals surface area contributed by atoms with Crippen LogP contribution in [0, 0.1) is 0 Å². The molecule has 1 atom stereocenters. The number of ketones is 1. The van der Waals surface area contributed by atoms with Gasteiger partial charge in [0.05, 0.1) is 0 Å². The second kappa shape index (κ2) is 3.69. The first-order valence-corrected chi connectivity index (χ1v) is 4.95. The Labute approximate surface area is 90.9 Å². The maximum atomic E-state index is 11.6. The van der Waals surface area contributed by atoms with Crippen molar-refractivity contribution < 1.29 is 14.3 Å². The molecule has 0 fully saturated rings. The summed E-state index contributed by atoms with van der Waals surface area (Å²) < 4.78 is 5.71. The molecule has 76 valence electrons. The zero-order valence-corrected chi connectivity index (χ0v) is 9.84. The molecule has 3 nitrogen and oxygen atoms in total. The Hall–Kier alpha value is -0.900. The van der Waals surface area contributed by atoms with Crippen LogP contribution in [0.3, 0.4) is 0 Å². The first-order valence-electron chi connectivity index (χ1n) is 4.16. The molecule has 1 rings (SSSR count). The van der Waals surface area contributed by atoms with Gasteiger partial charge in [-0.25, -0.2) is 0 Å². The monoisotopic (exact) mass is 258 g/mol. The fraction of sp³-hybridized carbons (Fsp3) is 0.400. The summed E-state index contributed by atoms with van der Waals surface area (Å²) in [6, 6.07) is 0. The van der Waals surface area contributed by atoms with Crippen molar-refractivity contribution in [2.45, 2.75) is 26.4 Å². The SMILES string of the molecule is CC(=O)OC1(C)C=C(C)C(Br)=CC1=O. The minimum Gasteiger partial charge on any atom is -0.447 e. The standard InChI is InChI=1S/C10H11BrO3/c1-6-5-10(3,14-7(2)12)9(13)4-8(6)11/h4-5H,1-3H3. The fourth-order valence-corrected chi connectivity index (χ4v) is 1.63. The quantitative estimate of drug-likeness (QED) is 0.677. The molecule has 0 aromatic carbocycles. The highest BCUT2D eigenvalue weighted by molar-refractivity contribution is 9.12. The second-order valence-electron chi connectivity index (χ2n) is 3.38. The van der Waals surface area contributed by atoms with Gasteiger partial charge in [0, 0.05) is 17.5 Å². The summed E-state index contributed by atoms with van der Waals surface area (Å²) in [5, 5.41) is 0. The van der Waals surface area contributed by atoms with Crippen LogP contribution in [-0.4, -0.2) is 17.4 Å². The number of halogens is 1. The molecule has 0 bridgehead atoms. The number of carbonyl (C=O) groups excluding carboxylic acids is 2. The molecule has 0 radical (unpaired) electrons. The van der Waals surface area contributed by atoms with Crippen molar-refractivity contribution in [3.05, 3.63) is 22.2 Å². The molecule has 0 aromatic rings. The number of hydrogen-bond donors (Lipinski definition) is 0. The first-order chi connectivity index (χ1) is 6.35. The van der Waals surface area contributed by atoms with Crippen molar-refractivity contribution in [1.29, 1.82) is 0 Å². The van der Waals surface area contributed by atoms with Crippen LogP contribution in [0.4, 0.5) is 0 Å². The number of carbonyl (C=O) groups is 2. The van der Waals surface area contributed by atoms with Crippen LogP contribution in [0.25, 0.3) is 0 Å². The lowest BCUT2D eigenvalue weighted by atomic mass is 9.92. The zero-order chi connectivity index (χ0) is 10.9. The van der Waals surface area contributed by atoms with Crippen LogP contribution < -0.4 is 0 Å². The highest BCUT2D eigenvalue weighted by atomic mass is 79.9. The molecular weight excluding hydrogens is 248 g/mol. The van der Waals surface area contributed by atoms with E-state index in [4.69, 9.17) is 4.74 Å². The molecule has 14 heavy (non-hydrogen) atoms. The summed E-state index contributed by atoms with van der Waals surface area (Å²) in [6.45, 7) is 4.71. The number of rotatable bonds is 1. The lowest BCUT2D eigenvalue weighted by Gasteiger charge is -2.26. The molecule has 0 aromatic heterocycles. The Morgan fingerprint density at radius 1 is 1.57 bits per heavy atom. The van der Waals surface area contributed by atoms with E-state index in [0.717, 1.165) is 10.1 Å². The van der Waals surface area contributed by atoms with Gasteiger partial charge in [0.15, 0.2) is 5.60 Å². The van der Waals surface area contributed by atoms with E-state index in [2.05, 4.69) is 15.9 Å². The molecule has 1 unspecified atom stereocenters. The van der Waals surface area contributed by atoms with Crippen LogP contribution in [0.2, 0.25) is 0 Å². The van der Waals surface area contributed by atoms with Crippen LogP contribution in [0.5, 0.6) is 0 Å². The van der Waals surface area contributed by atoms with Crippen LogP contribution >= 0.6 is 15.9 Å². The molecule has 0 heterocycles. The molecule has 4 heteroatoms. The summed E-state index contributed by atoms with van der Waals surface area (Å²) >= 11 is 3.24. The van der Waals surface area contributed by atoms with E-state index >= 15 is 0 Å². The van der Waals surface area contributed by atoms with Gasteiger partial charge in [0.2, 0.25) is 5.78 Å². The third kappa shape index (κ3) is 2.12. The Bertz CT molecular complexity index is 354. The predicted octanol–water partition coefficient (Wildman–Crippen LogP) is 2.12. The lowest BCUT2D eigenvalue weighted by molar-refractivity contribution is -0.157. The first kappa shape index (κ1) is 11.2. The molecule has 1 aliphatic rings. The normalized spacial score (nSPS) is 26.7. The highest BCUT2D eigenvalue weighted by Crippen LogP contribution is 2.29. The molecule has 0 saturated carbocycles. The Kier molecular flexibility index (Phi) is 2.95. The smallest absolute Gasteiger partial charge is 0.303 e. The van der Waals surface area contributed by atoms with Crippen molar-refractivity contribution in [3.8, 4) is 0 Å². The molecular formula is C10H11BrO3. The minimum atomic E-state index is -1.15. The summed E-state index contributed by atoms with van der Waals surface area (Å²) in [6.07, 6.45) is 3.07. The van der Waals surface area contributed by atoms with Crippen LogP contribution in [-0.2, 0) is 14.3 Å². The Morgan fingerprint density at radius 3 is 2.64 bits per heavy atom.